The number of benzene rings is 1. The van der Waals surface area contributed by atoms with Gasteiger partial charge in [-0.25, -0.2) is 0 Å². The highest BCUT2D eigenvalue weighted by Gasteiger charge is 2.03. The Kier molecular flexibility index (Phi) is 4.59. The fourth-order valence-corrected chi connectivity index (χ4v) is 1.48. The van der Waals surface area contributed by atoms with Crippen molar-refractivity contribution in [3.63, 3.8) is 0 Å². The molecule has 0 aromatic heterocycles. The predicted molar refractivity (Wildman–Crippen MR) is 66.0 cm³/mol. The van der Waals surface area contributed by atoms with Crippen LogP contribution < -0.4 is 11.1 Å². The van der Waals surface area contributed by atoms with Gasteiger partial charge in [-0.3, -0.25) is 15.5 Å². The molecule has 0 heterocycles. The molecule has 0 atom stereocenters. The second-order valence-electron chi connectivity index (χ2n) is 2.94. The zero-order valence-electron chi connectivity index (χ0n) is 8.47. The fourth-order valence-electron chi connectivity index (χ4n) is 1.06. The van der Waals surface area contributed by atoms with Crippen molar-refractivity contribution in [1.82, 2.24) is 0 Å². The van der Waals surface area contributed by atoms with Gasteiger partial charge in [-0.15, -0.1) is 0 Å². The number of hydrogen-bond donors (Lipinski definition) is 3. The Morgan fingerprint density at radius 3 is 2.62 bits per heavy atom. The smallest absolute Gasteiger partial charge is 0.269 e. The van der Waals surface area contributed by atoms with Gasteiger partial charge in [-0.05, 0) is 12.1 Å². The molecule has 1 aromatic carbocycles. The van der Waals surface area contributed by atoms with Crippen LogP contribution in [0.5, 0.6) is 0 Å². The highest BCUT2D eigenvalue weighted by molar-refractivity contribution is 8.13. The van der Waals surface area contributed by atoms with Gasteiger partial charge < -0.3 is 11.1 Å². The third kappa shape index (κ3) is 4.18. The number of anilines is 1. The number of non-ortho nitro benzene ring substituents is 1. The molecular weight excluding hydrogens is 228 g/mol. The first kappa shape index (κ1) is 12.3. The van der Waals surface area contributed by atoms with Crippen LogP contribution in [-0.2, 0) is 0 Å². The number of amidine groups is 1. The van der Waals surface area contributed by atoms with E-state index in [4.69, 9.17) is 11.1 Å². The van der Waals surface area contributed by atoms with E-state index in [1.54, 1.807) is 12.1 Å². The van der Waals surface area contributed by atoms with E-state index in [0.717, 1.165) is 5.69 Å². The van der Waals surface area contributed by atoms with Crippen LogP contribution in [0.1, 0.15) is 0 Å². The summed E-state index contributed by atoms with van der Waals surface area (Å²) in [6.45, 7) is 0.655. The topological polar surface area (TPSA) is 105 Å². The molecule has 1 aromatic rings. The fraction of sp³-hybridized carbons (Fsp3) is 0.222. The van der Waals surface area contributed by atoms with Crippen LogP contribution >= 0.6 is 11.8 Å². The lowest BCUT2D eigenvalue weighted by Crippen LogP contribution is -2.10. The normalized spacial score (nSPS) is 9.75. The van der Waals surface area contributed by atoms with E-state index >= 15 is 0 Å². The van der Waals surface area contributed by atoms with E-state index in [1.165, 1.54) is 23.9 Å². The Balaban J connectivity index is 2.38. The number of nitrogens with two attached hydrogens (primary N) is 1. The van der Waals surface area contributed by atoms with Crippen LogP contribution in [-0.4, -0.2) is 22.4 Å². The van der Waals surface area contributed by atoms with Crippen molar-refractivity contribution >= 4 is 28.3 Å². The first-order valence-electron chi connectivity index (χ1n) is 4.55. The van der Waals surface area contributed by atoms with E-state index < -0.39 is 4.92 Å². The predicted octanol–water partition coefficient (Wildman–Crippen LogP) is 1.63. The molecule has 0 spiro atoms. The molecule has 0 saturated heterocycles. The largest absolute Gasteiger partial charge is 0.384 e. The SMILES string of the molecule is N=C(N)SCCNc1ccc([N+](=O)[O-])cc1. The lowest BCUT2D eigenvalue weighted by atomic mass is 10.3. The first-order valence-corrected chi connectivity index (χ1v) is 5.53. The highest BCUT2D eigenvalue weighted by atomic mass is 32.2. The van der Waals surface area contributed by atoms with Crippen LogP contribution in [0.15, 0.2) is 24.3 Å². The summed E-state index contributed by atoms with van der Waals surface area (Å²) in [5.41, 5.74) is 6.06. The number of hydrogen-bond acceptors (Lipinski definition) is 5. The molecule has 86 valence electrons. The quantitative estimate of drug-likeness (QED) is 0.238. The molecule has 16 heavy (non-hydrogen) atoms. The molecular formula is C9H12N4O2S. The van der Waals surface area contributed by atoms with Gasteiger partial charge in [0, 0.05) is 30.1 Å². The van der Waals surface area contributed by atoms with Gasteiger partial charge in [0.15, 0.2) is 5.17 Å². The van der Waals surface area contributed by atoms with Crippen molar-refractivity contribution in [3.05, 3.63) is 34.4 Å². The molecule has 0 unspecified atom stereocenters. The van der Waals surface area contributed by atoms with E-state index in [2.05, 4.69) is 5.32 Å². The maximum atomic E-state index is 10.4. The molecule has 0 fully saturated rings. The summed E-state index contributed by atoms with van der Waals surface area (Å²) < 4.78 is 0. The van der Waals surface area contributed by atoms with Gasteiger partial charge in [-0.2, -0.15) is 0 Å². The Hall–Kier alpha value is -1.76. The lowest BCUT2D eigenvalue weighted by molar-refractivity contribution is -0.384. The van der Waals surface area contributed by atoms with Crippen LogP contribution in [0.25, 0.3) is 0 Å². The van der Waals surface area contributed by atoms with Crippen molar-refractivity contribution in [3.8, 4) is 0 Å². The molecule has 7 heteroatoms. The minimum Gasteiger partial charge on any atom is -0.384 e. The molecule has 0 radical (unpaired) electrons. The van der Waals surface area contributed by atoms with Crippen molar-refractivity contribution in [2.24, 2.45) is 5.73 Å². The molecule has 1 rings (SSSR count). The second-order valence-corrected chi connectivity index (χ2v) is 4.08. The maximum Gasteiger partial charge on any atom is 0.269 e. The minimum atomic E-state index is -0.435. The number of nitro benzene ring substituents is 1. The first-order chi connectivity index (χ1) is 7.59. The average Bonchev–Trinajstić information content (AvgIpc) is 2.25. The zero-order chi connectivity index (χ0) is 12.0. The molecule has 0 aliphatic heterocycles. The van der Waals surface area contributed by atoms with Crippen LogP contribution in [0.4, 0.5) is 11.4 Å². The average molecular weight is 240 g/mol. The van der Waals surface area contributed by atoms with Crippen LogP contribution in [0.3, 0.4) is 0 Å². The van der Waals surface area contributed by atoms with Crippen molar-refractivity contribution in [2.45, 2.75) is 0 Å². The van der Waals surface area contributed by atoms with Crippen molar-refractivity contribution in [2.75, 3.05) is 17.6 Å². The number of rotatable bonds is 5. The third-order valence-corrected chi connectivity index (χ3v) is 2.49. The summed E-state index contributed by atoms with van der Waals surface area (Å²) in [6.07, 6.45) is 0. The molecule has 0 saturated carbocycles. The minimum absolute atomic E-state index is 0.0728. The zero-order valence-corrected chi connectivity index (χ0v) is 9.29. The molecule has 0 bridgehead atoms. The Bertz CT molecular complexity index is 380. The highest BCUT2D eigenvalue weighted by Crippen LogP contribution is 2.15. The summed E-state index contributed by atoms with van der Waals surface area (Å²) in [4.78, 5) is 9.96. The Morgan fingerprint density at radius 1 is 1.50 bits per heavy atom. The summed E-state index contributed by atoms with van der Waals surface area (Å²) in [6, 6.07) is 6.19. The Morgan fingerprint density at radius 2 is 2.12 bits per heavy atom. The van der Waals surface area contributed by atoms with Gasteiger partial charge in [0.05, 0.1) is 4.92 Å². The van der Waals surface area contributed by atoms with Gasteiger partial charge in [0.2, 0.25) is 0 Å². The van der Waals surface area contributed by atoms with E-state index in [1.807, 2.05) is 0 Å². The van der Waals surface area contributed by atoms with Gasteiger partial charge in [0.25, 0.3) is 5.69 Å². The van der Waals surface area contributed by atoms with Gasteiger partial charge >= 0.3 is 0 Å². The second kappa shape index (κ2) is 5.96. The third-order valence-electron chi connectivity index (χ3n) is 1.77. The number of nitrogens with one attached hydrogen (secondary N) is 2. The number of nitro groups is 1. The molecule has 0 aliphatic carbocycles. The van der Waals surface area contributed by atoms with E-state index in [9.17, 15) is 10.1 Å². The standard InChI is InChI=1S/C9H12N4O2S/c10-9(11)16-6-5-12-7-1-3-8(4-2-7)13(14)15/h1-4,12H,5-6H2,(H3,10,11). The maximum absolute atomic E-state index is 10.4. The van der Waals surface area contributed by atoms with E-state index in [-0.39, 0.29) is 10.9 Å². The lowest BCUT2D eigenvalue weighted by Gasteiger charge is -2.04. The summed E-state index contributed by atoms with van der Waals surface area (Å²) >= 11 is 1.25. The van der Waals surface area contributed by atoms with Crippen molar-refractivity contribution < 1.29 is 4.92 Å². The summed E-state index contributed by atoms with van der Waals surface area (Å²) in [7, 11) is 0. The van der Waals surface area contributed by atoms with Crippen molar-refractivity contribution in [1.29, 1.82) is 5.41 Å². The molecule has 6 nitrogen and oxygen atoms in total. The van der Waals surface area contributed by atoms with Crippen LogP contribution in [0, 0.1) is 15.5 Å². The monoisotopic (exact) mass is 240 g/mol. The molecule has 0 aliphatic rings. The van der Waals surface area contributed by atoms with Gasteiger partial charge in [-0.1, -0.05) is 11.8 Å². The summed E-state index contributed by atoms with van der Waals surface area (Å²) in [5, 5.41) is 20.5. The van der Waals surface area contributed by atoms with E-state index in [0.29, 0.717) is 12.3 Å². The molecule has 4 N–H and O–H groups in total. The van der Waals surface area contributed by atoms with Gasteiger partial charge in [0.1, 0.15) is 0 Å². The molecule has 0 amide bonds. The van der Waals surface area contributed by atoms with Crippen LogP contribution in [0.2, 0.25) is 0 Å². The number of thioether (sulfide) groups is 1. The number of nitrogens with zero attached hydrogens (tertiary/aromatic N) is 1. The Labute approximate surface area is 96.9 Å². The summed E-state index contributed by atoms with van der Waals surface area (Å²) in [5.74, 6) is 0.687.